The minimum absolute atomic E-state index is 0.307. The van der Waals surface area contributed by atoms with Crippen LogP contribution in [-0.4, -0.2) is 43.4 Å². The molecule has 20 heavy (non-hydrogen) atoms. The van der Waals surface area contributed by atoms with Crippen LogP contribution in [0.4, 0.5) is 10.5 Å². The maximum absolute atomic E-state index is 12.1. The first-order chi connectivity index (χ1) is 9.66. The summed E-state index contributed by atoms with van der Waals surface area (Å²) in [6.07, 6.45) is 0.921. The Hall–Kier alpha value is -2.08. The van der Waals surface area contributed by atoms with Crippen LogP contribution < -0.4 is 10.2 Å². The van der Waals surface area contributed by atoms with E-state index in [1.54, 1.807) is 24.3 Å². The number of anilines is 1. The third kappa shape index (κ3) is 3.96. The van der Waals surface area contributed by atoms with Gasteiger partial charge in [0.05, 0.1) is 6.61 Å². The lowest BCUT2D eigenvalue weighted by Crippen LogP contribution is -2.44. The fraction of sp³-hybridized carbons (Fsp3) is 0.429. The van der Waals surface area contributed by atoms with E-state index in [0.29, 0.717) is 24.8 Å². The first-order valence-corrected chi connectivity index (χ1v) is 6.57. The summed E-state index contributed by atoms with van der Waals surface area (Å²) in [7, 11) is 0. The van der Waals surface area contributed by atoms with Gasteiger partial charge in [-0.05, 0) is 18.6 Å². The molecule has 1 heterocycles. The molecular weight excluding hydrogens is 260 g/mol. The monoisotopic (exact) mass is 278 g/mol. The highest BCUT2D eigenvalue weighted by Crippen LogP contribution is 2.14. The van der Waals surface area contributed by atoms with Crippen molar-refractivity contribution in [3.63, 3.8) is 0 Å². The molecule has 2 N–H and O–H groups in total. The topological polar surface area (TPSA) is 78.9 Å². The fourth-order valence-corrected chi connectivity index (χ4v) is 2.09. The smallest absolute Gasteiger partial charge is 0.323 e. The Morgan fingerprint density at radius 3 is 2.70 bits per heavy atom. The van der Waals surface area contributed by atoms with Crippen LogP contribution in [0, 0.1) is 5.92 Å². The zero-order chi connectivity index (χ0) is 14.4. The predicted molar refractivity (Wildman–Crippen MR) is 73.7 cm³/mol. The second kappa shape index (κ2) is 6.91. The summed E-state index contributed by atoms with van der Waals surface area (Å²) in [5.74, 6) is -0.741. The normalized spacial score (nSPS) is 17.7. The number of carbonyl (C=O) groups excluding carboxylic acids is 1. The first-order valence-electron chi connectivity index (χ1n) is 6.57. The van der Waals surface area contributed by atoms with Crippen LogP contribution >= 0.6 is 0 Å². The maximum atomic E-state index is 12.1. The minimum atomic E-state index is -1.05. The fourth-order valence-electron chi connectivity index (χ4n) is 2.09. The number of aliphatic carboxylic acids is 1. The number of para-hydroxylation sites is 1. The lowest BCUT2D eigenvalue weighted by Gasteiger charge is -2.22. The van der Waals surface area contributed by atoms with Gasteiger partial charge in [0.2, 0.25) is 0 Å². The summed E-state index contributed by atoms with van der Waals surface area (Å²) >= 11 is 0. The Morgan fingerprint density at radius 2 is 2.10 bits per heavy atom. The number of hydrogen-bond acceptors (Lipinski definition) is 3. The molecule has 0 aromatic heterocycles. The molecule has 1 aliphatic rings. The Balaban J connectivity index is 1.98. The number of carboxylic acid groups (broad SMARTS) is 1. The number of rotatable bonds is 5. The van der Waals surface area contributed by atoms with Crippen LogP contribution in [0.2, 0.25) is 0 Å². The van der Waals surface area contributed by atoms with E-state index in [0.717, 1.165) is 13.0 Å². The maximum Gasteiger partial charge on any atom is 0.323 e. The van der Waals surface area contributed by atoms with Crippen molar-refractivity contribution in [1.29, 1.82) is 0 Å². The number of urea groups is 1. The molecule has 1 aromatic carbocycles. The molecule has 0 aliphatic carbocycles. The molecule has 0 saturated carbocycles. The van der Waals surface area contributed by atoms with Crippen LogP contribution in [0.5, 0.6) is 0 Å². The van der Waals surface area contributed by atoms with Gasteiger partial charge in [0.25, 0.3) is 0 Å². The SMILES string of the molecule is O=C(O)CN(C(=O)NCC1CCOC1)c1ccccc1. The Labute approximate surface area is 117 Å². The van der Waals surface area contributed by atoms with E-state index in [4.69, 9.17) is 9.84 Å². The van der Waals surface area contributed by atoms with Crippen molar-refractivity contribution >= 4 is 17.7 Å². The number of nitrogens with zero attached hydrogens (tertiary/aromatic N) is 1. The van der Waals surface area contributed by atoms with Gasteiger partial charge >= 0.3 is 12.0 Å². The zero-order valence-corrected chi connectivity index (χ0v) is 11.1. The lowest BCUT2D eigenvalue weighted by atomic mass is 10.1. The van der Waals surface area contributed by atoms with E-state index in [1.165, 1.54) is 4.90 Å². The molecule has 6 nitrogen and oxygen atoms in total. The third-order valence-electron chi connectivity index (χ3n) is 3.17. The van der Waals surface area contributed by atoms with Gasteiger partial charge in [-0.1, -0.05) is 18.2 Å². The average molecular weight is 278 g/mol. The third-order valence-corrected chi connectivity index (χ3v) is 3.17. The van der Waals surface area contributed by atoms with E-state index in [-0.39, 0.29) is 6.54 Å². The van der Waals surface area contributed by atoms with Gasteiger partial charge in [0.15, 0.2) is 0 Å². The second-order valence-corrected chi connectivity index (χ2v) is 4.73. The predicted octanol–water partition coefficient (Wildman–Crippen LogP) is 1.32. The molecule has 1 aromatic rings. The summed E-state index contributed by atoms with van der Waals surface area (Å²) in [4.78, 5) is 24.3. The summed E-state index contributed by atoms with van der Waals surface area (Å²) in [6, 6.07) is 8.37. The average Bonchev–Trinajstić information content (AvgIpc) is 2.96. The van der Waals surface area contributed by atoms with Crippen LogP contribution in [0.1, 0.15) is 6.42 Å². The Morgan fingerprint density at radius 1 is 1.35 bits per heavy atom. The molecular formula is C14H18N2O4. The highest BCUT2D eigenvalue weighted by Gasteiger charge is 2.21. The molecule has 2 amide bonds. The number of benzene rings is 1. The molecule has 0 radical (unpaired) electrons. The Bertz CT molecular complexity index is 458. The Kier molecular flexibility index (Phi) is 4.95. The first kappa shape index (κ1) is 14.3. The number of nitrogens with one attached hydrogen (secondary N) is 1. The number of carboxylic acids is 1. The van der Waals surface area contributed by atoms with Crippen LogP contribution in [0.25, 0.3) is 0 Å². The van der Waals surface area contributed by atoms with Crippen molar-refractivity contribution in [2.45, 2.75) is 6.42 Å². The van der Waals surface area contributed by atoms with Gasteiger partial charge in [-0.25, -0.2) is 4.79 Å². The molecule has 1 unspecified atom stereocenters. The highest BCUT2D eigenvalue weighted by molar-refractivity contribution is 5.96. The van der Waals surface area contributed by atoms with Gasteiger partial charge in [0.1, 0.15) is 6.54 Å². The van der Waals surface area contributed by atoms with E-state index >= 15 is 0 Å². The van der Waals surface area contributed by atoms with Crippen molar-refractivity contribution in [2.24, 2.45) is 5.92 Å². The number of amides is 2. The van der Waals surface area contributed by atoms with E-state index in [1.807, 2.05) is 6.07 Å². The summed E-state index contributed by atoms with van der Waals surface area (Å²) in [5, 5.41) is 11.7. The van der Waals surface area contributed by atoms with Gasteiger partial charge in [-0.15, -0.1) is 0 Å². The van der Waals surface area contributed by atoms with Crippen LogP contribution in [0.3, 0.4) is 0 Å². The number of hydrogen-bond donors (Lipinski definition) is 2. The van der Waals surface area contributed by atoms with Gasteiger partial charge in [-0.3, -0.25) is 9.69 Å². The summed E-state index contributed by atoms with van der Waals surface area (Å²) in [5.41, 5.74) is 0.565. The molecule has 1 atom stereocenters. The standard InChI is InChI=1S/C14H18N2O4/c17-13(18)9-16(12-4-2-1-3-5-12)14(19)15-8-11-6-7-20-10-11/h1-5,11H,6-10H2,(H,15,19)(H,17,18). The van der Waals surface area contributed by atoms with E-state index < -0.39 is 12.0 Å². The summed E-state index contributed by atoms with van der Waals surface area (Å²) < 4.78 is 5.24. The van der Waals surface area contributed by atoms with E-state index in [9.17, 15) is 9.59 Å². The molecule has 108 valence electrons. The van der Waals surface area contributed by atoms with Gasteiger partial charge in [0, 0.05) is 24.8 Å². The molecule has 0 spiro atoms. The highest BCUT2D eigenvalue weighted by atomic mass is 16.5. The van der Waals surface area contributed by atoms with Crippen LogP contribution in [-0.2, 0) is 9.53 Å². The minimum Gasteiger partial charge on any atom is -0.480 e. The number of ether oxygens (including phenoxy) is 1. The van der Waals surface area contributed by atoms with Gasteiger partial charge in [-0.2, -0.15) is 0 Å². The molecule has 1 saturated heterocycles. The van der Waals surface area contributed by atoms with Crippen molar-refractivity contribution < 1.29 is 19.4 Å². The zero-order valence-electron chi connectivity index (χ0n) is 11.1. The van der Waals surface area contributed by atoms with Gasteiger partial charge < -0.3 is 15.2 Å². The molecule has 0 bridgehead atoms. The van der Waals surface area contributed by atoms with Crippen molar-refractivity contribution in [3.05, 3.63) is 30.3 Å². The number of carbonyl (C=O) groups is 2. The van der Waals surface area contributed by atoms with Crippen molar-refractivity contribution in [2.75, 3.05) is 31.2 Å². The lowest BCUT2D eigenvalue weighted by molar-refractivity contribution is -0.135. The van der Waals surface area contributed by atoms with Crippen molar-refractivity contribution in [1.82, 2.24) is 5.32 Å². The molecule has 1 fully saturated rings. The van der Waals surface area contributed by atoms with Crippen molar-refractivity contribution in [3.8, 4) is 0 Å². The second-order valence-electron chi connectivity index (χ2n) is 4.73. The molecule has 2 rings (SSSR count). The largest absolute Gasteiger partial charge is 0.480 e. The van der Waals surface area contributed by atoms with Crippen LogP contribution in [0.15, 0.2) is 30.3 Å². The quantitative estimate of drug-likeness (QED) is 0.851. The molecule has 6 heteroatoms. The molecule has 1 aliphatic heterocycles. The summed E-state index contributed by atoms with van der Waals surface area (Å²) in [6.45, 7) is 1.50. The van der Waals surface area contributed by atoms with E-state index in [2.05, 4.69) is 5.32 Å².